The molecule has 1 aliphatic rings. The Morgan fingerprint density at radius 1 is 1.05 bits per heavy atom. The van der Waals surface area contributed by atoms with Crippen molar-refractivity contribution in [1.82, 2.24) is 4.72 Å². The van der Waals surface area contributed by atoms with Gasteiger partial charge in [0, 0.05) is 21.5 Å². The number of halogens is 3. The molecule has 0 spiro atoms. The summed E-state index contributed by atoms with van der Waals surface area (Å²) in [7, 11) is -3.68. The van der Waals surface area contributed by atoms with E-state index in [0.29, 0.717) is 10.0 Å². The Balaban J connectivity index is 2.30. The lowest BCUT2D eigenvalue weighted by Crippen LogP contribution is -2.51. The predicted molar refractivity (Wildman–Crippen MR) is 83.3 cm³/mol. The van der Waals surface area contributed by atoms with Crippen LogP contribution in [0.5, 0.6) is 0 Å². The molecular formula is C13H16Cl3NO2S. The third-order valence-corrected chi connectivity index (χ3v) is 6.07. The summed E-state index contributed by atoms with van der Waals surface area (Å²) in [6, 6.07) is 4.28. The molecule has 0 radical (unpaired) electrons. The van der Waals surface area contributed by atoms with Crippen molar-refractivity contribution in [2.24, 2.45) is 0 Å². The van der Waals surface area contributed by atoms with Gasteiger partial charge in [-0.1, -0.05) is 42.5 Å². The molecule has 1 aliphatic carbocycles. The highest BCUT2D eigenvalue weighted by atomic mass is 35.5. The van der Waals surface area contributed by atoms with Crippen LogP contribution in [-0.2, 0) is 10.0 Å². The predicted octanol–water partition coefficient (Wildman–Crippen LogP) is 4.21. The summed E-state index contributed by atoms with van der Waals surface area (Å²) in [5, 5.41) is 0.586. The van der Waals surface area contributed by atoms with E-state index in [4.69, 9.17) is 34.8 Å². The molecule has 3 nitrogen and oxygen atoms in total. The topological polar surface area (TPSA) is 46.2 Å². The van der Waals surface area contributed by atoms with Crippen molar-refractivity contribution in [2.75, 3.05) is 5.88 Å². The number of sulfonamides is 1. The lowest BCUT2D eigenvalue weighted by Gasteiger charge is -2.36. The van der Waals surface area contributed by atoms with E-state index in [9.17, 15) is 8.42 Å². The van der Waals surface area contributed by atoms with Crippen LogP contribution in [0, 0.1) is 0 Å². The number of nitrogens with one attached hydrogen (secondary N) is 1. The van der Waals surface area contributed by atoms with Gasteiger partial charge in [0.15, 0.2) is 0 Å². The highest BCUT2D eigenvalue weighted by Gasteiger charge is 2.35. The quantitative estimate of drug-likeness (QED) is 0.821. The molecule has 112 valence electrons. The van der Waals surface area contributed by atoms with E-state index in [0.717, 1.165) is 32.1 Å². The summed E-state index contributed by atoms with van der Waals surface area (Å²) in [6.07, 6.45) is 4.58. The van der Waals surface area contributed by atoms with Gasteiger partial charge in [-0.2, -0.15) is 0 Å². The molecule has 7 heteroatoms. The van der Waals surface area contributed by atoms with E-state index < -0.39 is 15.6 Å². The molecule has 0 saturated heterocycles. The molecule has 1 saturated carbocycles. The first-order chi connectivity index (χ1) is 9.37. The summed E-state index contributed by atoms with van der Waals surface area (Å²) in [5.74, 6) is 0.264. The van der Waals surface area contributed by atoms with Crippen LogP contribution < -0.4 is 4.72 Å². The molecule has 0 bridgehead atoms. The van der Waals surface area contributed by atoms with Gasteiger partial charge in [0.1, 0.15) is 0 Å². The van der Waals surface area contributed by atoms with Crippen LogP contribution in [0.1, 0.15) is 32.1 Å². The molecule has 1 aromatic rings. The third kappa shape index (κ3) is 3.80. The van der Waals surface area contributed by atoms with Crippen LogP contribution in [0.3, 0.4) is 0 Å². The van der Waals surface area contributed by atoms with E-state index in [1.54, 1.807) is 0 Å². The second-order valence-corrected chi connectivity index (χ2v) is 8.01. The van der Waals surface area contributed by atoms with E-state index in [1.165, 1.54) is 18.2 Å². The molecule has 0 aromatic heterocycles. The van der Waals surface area contributed by atoms with Crippen molar-refractivity contribution in [1.29, 1.82) is 0 Å². The van der Waals surface area contributed by atoms with Gasteiger partial charge in [-0.15, -0.1) is 11.6 Å². The zero-order valence-electron chi connectivity index (χ0n) is 10.8. The van der Waals surface area contributed by atoms with Crippen molar-refractivity contribution in [3.63, 3.8) is 0 Å². The van der Waals surface area contributed by atoms with Gasteiger partial charge in [0.2, 0.25) is 10.0 Å². The van der Waals surface area contributed by atoms with Crippen LogP contribution in [0.2, 0.25) is 10.0 Å². The molecule has 1 fully saturated rings. The van der Waals surface area contributed by atoms with Crippen LogP contribution in [0.15, 0.2) is 23.1 Å². The number of hydrogen-bond donors (Lipinski definition) is 1. The third-order valence-electron chi connectivity index (χ3n) is 3.56. The Bertz CT molecular complexity index is 563. The first-order valence-corrected chi connectivity index (χ1v) is 9.20. The average Bonchev–Trinajstić information content (AvgIpc) is 2.38. The Morgan fingerprint density at radius 3 is 2.10 bits per heavy atom. The van der Waals surface area contributed by atoms with Gasteiger partial charge in [-0.05, 0) is 31.0 Å². The number of benzene rings is 1. The van der Waals surface area contributed by atoms with Crippen LogP contribution in [0.25, 0.3) is 0 Å². The highest BCUT2D eigenvalue weighted by molar-refractivity contribution is 7.89. The molecule has 1 aromatic carbocycles. The van der Waals surface area contributed by atoms with Gasteiger partial charge in [-0.3, -0.25) is 0 Å². The minimum Gasteiger partial charge on any atom is -0.207 e. The molecule has 0 aliphatic heterocycles. The molecule has 20 heavy (non-hydrogen) atoms. The van der Waals surface area contributed by atoms with Gasteiger partial charge in [0.05, 0.1) is 4.90 Å². The monoisotopic (exact) mass is 355 g/mol. The maximum absolute atomic E-state index is 12.5. The molecule has 0 heterocycles. The zero-order valence-corrected chi connectivity index (χ0v) is 13.9. The van der Waals surface area contributed by atoms with Gasteiger partial charge >= 0.3 is 0 Å². The fraction of sp³-hybridized carbons (Fsp3) is 0.538. The average molecular weight is 357 g/mol. The lowest BCUT2D eigenvalue weighted by atomic mass is 9.84. The Kier molecular flexibility index (Phi) is 5.24. The second-order valence-electron chi connectivity index (χ2n) is 5.19. The molecule has 0 unspecified atom stereocenters. The standard InChI is InChI=1S/C13H16Cl3NO2S/c14-9-13(4-2-1-3-5-13)17-20(18,19)12-7-10(15)6-11(16)8-12/h6-8,17H,1-5,9H2. The summed E-state index contributed by atoms with van der Waals surface area (Å²) >= 11 is 17.7. The molecule has 1 N–H and O–H groups in total. The van der Waals surface area contributed by atoms with Crippen molar-refractivity contribution < 1.29 is 8.42 Å². The number of hydrogen-bond acceptors (Lipinski definition) is 2. The molecular weight excluding hydrogens is 341 g/mol. The minimum atomic E-state index is -3.68. The Labute approximate surface area is 134 Å². The lowest BCUT2D eigenvalue weighted by molar-refractivity contribution is 0.298. The van der Waals surface area contributed by atoms with Crippen LogP contribution >= 0.6 is 34.8 Å². The van der Waals surface area contributed by atoms with Crippen LogP contribution in [0.4, 0.5) is 0 Å². The van der Waals surface area contributed by atoms with E-state index in [1.807, 2.05) is 0 Å². The van der Waals surface area contributed by atoms with E-state index >= 15 is 0 Å². The molecule has 0 amide bonds. The fourth-order valence-corrected chi connectivity index (χ4v) is 5.12. The Morgan fingerprint density at radius 2 is 1.60 bits per heavy atom. The second kappa shape index (κ2) is 6.41. The number of rotatable bonds is 4. The minimum absolute atomic E-state index is 0.0741. The van der Waals surface area contributed by atoms with Gasteiger partial charge in [-0.25, -0.2) is 13.1 Å². The maximum Gasteiger partial charge on any atom is 0.241 e. The summed E-state index contributed by atoms with van der Waals surface area (Å²) < 4.78 is 27.7. The van der Waals surface area contributed by atoms with Gasteiger partial charge in [0.25, 0.3) is 0 Å². The smallest absolute Gasteiger partial charge is 0.207 e. The normalized spacial score (nSPS) is 18.9. The van der Waals surface area contributed by atoms with Crippen molar-refractivity contribution >= 4 is 44.8 Å². The van der Waals surface area contributed by atoms with Crippen molar-refractivity contribution in [3.8, 4) is 0 Å². The molecule has 0 atom stereocenters. The summed E-state index contributed by atoms with van der Waals surface area (Å²) in [6.45, 7) is 0. The largest absolute Gasteiger partial charge is 0.241 e. The van der Waals surface area contributed by atoms with E-state index in [-0.39, 0.29) is 10.8 Å². The highest BCUT2D eigenvalue weighted by Crippen LogP contribution is 2.31. The van der Waals surface area contributed by atoms with Gasteiger partial charge < -0.3 is 0 Å². The van der Waals surface area contributed by atoms with E-state index in [2.05, 4.69) is 4.72 Å². The van der Waals surface area contributed by atoms with Crippen molar-refractivity contribution in [2.45, 2.75) is 42.5 Å². The van der Waals surface area contributed by atoms with Crippen molar-refractivity contribution in [3.05, 3.63) is 28.2 Å². The first-order valence-electron chi connectivity index (χ1n) is 6.43. The maximum atomic E-state index is 12.5. The number of alkyl halides is 1. The Hall–Kier alpha value is -0.000000000000000139. The fourth-order valence-electron chi connectivity index (χ4n) is 2.52. The SMILES string of the molecule is O=S(=O)(NC1(CCl)CCCCC1)c1cc(Cl)cc(Cl)c1. The summed E-state index contributed by atoms with van der Waals surface area (Å²) in [4.78, 5) is 0.0741. The van der Waals surface area contributed by atoms with Crippen LogP contribution in [-0.4, -0.2) is 19.8 Å². The first kappa shape index (κ1) is 16.4. The summed E-state index contributed by atoms with van der Waals surface area (Å²) in [5.41, 5.74) is -0.562. The zero-order chi connectivity index (χ0) is 14.8. The molecule has 2 rings (SSSR count).